The summed E-state index contributed by atoms with van der Waals surface area (Å²) in [4.78, 5) is 37.4. The monoisotopic (exact) mass is 484 g/mol. The molecule has 1 fully saturated rings. The molecule has 0 unspecified atom stereocenters. The van der Waals surface area contributed by atoms with Crippen LogP contribution in [0.5, 0.6) is 0 Å². The number of hydrogen-bond donors (Lipinski definition) is 2. The van der Waals surface area contributed by atoms with Crippen LogP contribution in [-0.2, 0) is 4.74 Å². The molecule has 1 amide bonds. The molecule has 4 aromatic heterocycles. The lowest BCUT2D eigenvalue weighted by Gasteiger charge is -2.27. The quantitative estimate of drug-likeness (QED) is 0.436. The molecule has 10 heteroatoms. The van der Waals surface area contributed by atoms with Crippen molar-refractivity contribution in [2.45, 2.75) is 26.3 Å². The Hall–Kier alpha value is -4.18. The molecule has 0 spiro atoms. The van der Waals surface area contributed by atoms with Crippen LogP contribution in [0.25, 0.3) is 22.2 Å². The number of amides is 1. The number of morpholine rings is 1. The van der Waals surface area contributed by atoms with Crippen molar-refractivity contribution >= 4 is 34.3 Å². The Morgan fingerprint density at radius 1 is 0.972 bits per heavy atom. The maximum atomic E-state index is 13.0. The molecule has 184 valence electrons. The second-order valence-electron chi connectivity index (χ2n) is 9.61. The van der Waals surface area contributed by atoms with Gasteiger partial charge in [-0.15, -0.1) is 0 Å². The van der Waals surface area contributed by atoms with Crippen LogP contribution in [-0.4, -0.2) is 62.7 Å². The van der Waals surface area contributed by atoms with Gasteiger partial charge in [0.2, 0.25) is 0 Å². The molecule has 2 N–H and O–H groups in total. The van der Waals surface area contributed by atoms with Gasteiger partial charge in [0.15, 0.2) is 0 Å². The zero-order valence-electron chi connectivity index (χ0n) is 20.5. The number of hydrogen-bond acceptors (Lipinski definition) is 9. The molecule has 0 atom stereocenters. The summed E-state index contributed by atoms with van der Waals surface area (Å²) in [6, 6.07) is 7.25. The van der Waals surface area contributed by atoms with Crippen molar-refractivity contribution in [2.24, 2.45) is 0 Å². The van der Waals surface area contributed by atoms with Gasteiger partial charge in [-0.3, -0.25) is 14.8 Å². The zero-order valence-corrected chi connectivity index (χ0v) is 20.5. The maximum absolute atomic E-state index is 13.0. The molecule has 5 heterocycles. The summed E-state index contributed by atoms with van der Waals surface area (Å²) in [7, 11) is 0. The van der Waals surface area contributed by atoms with E-state index in [-0.39, 0.29) is 11.4 Å². The SMILES string of the molecule is CC(C)(C)Nc1cncc(-c2cnc3cnc(NC(=O)c4ccnc(N5CCOCC5)c4)cc3c2)n1. The molecular weight excluding hydrogens is 456 g/mol. The summed E-state index contributed by atoms with van der Waals surface area (Å²) < 4.78 is 5.40. The van der Waals surface area contributed by atoms with Gasteiger partial charge in [-0.05, 0) is 45.0 Å². The van der Waals surface area contributed by atoms with Gasteiger partial charge in [-0.25, -0.2) is 15.0 Å². The molecule has 0 aliphatic carbocycles. The number of pyridine rings is 3. The standard InChI is InChI=1S/C26H28N8O2/c1-26(2,3)33-23-16-27-14-21(31-23)19-10-18-11-22(30-15-20(18)29-13-19)32-25(35)17-4-5-28-24(12-17)34-6-8-36-9-7-34/h4-5,10-16H,6-9H2,1-3H3,(H,31,33)(H,30,32,35). The zero-order chi connectivity index (χ0) is 25.1. The number of aromatic nitrogens is 5. The van der Waals surface area contributed by atoms with E-state index >= 15 is 0 Å². The van der Waals surface area contributed by atoms with Crippen LogP contribution in [0.1, 0.15) is 31.1 Å². The Bertz CT molecular complexity index is 1400. The van der Waals surface area contributed by atoms with Crippen molar-refractivity contribution in [3.05, 3.63) is 60.8 Å². The van der Waals surface area contributed by atoms with E-state index < -0.39 is 0 Å². The molecule has 0 saturated carbocycles. The molecule has 1 aliphatic heterocycles. The van der Waals surface area contributed by atoms with Gasteiger partial charge in [-0.2, -0.15) is 0 Å². The number of carbonyl (C=O) groups is 1. The van der Waals surface area contributed by atoms with Crippen molar-refractivity contribution in [2.75, 3.05) is 41.8 Å². The van der Waals surface area contributed by atoms with Crippen molar-refractivity contribution in [3.8, 4) is 11.3 Å². The fraction of sp³-hybridized carbons (Fsp3) is 0.308. The molecule has 10 nitrogen and oxygen atoms in total. The van der Waals surface area contributed by atoms with Gasteiger partial charge < -0.3 is 20.3 Å². The van der Waals surface area contributed by atoms with Gasteiger partial charge >= 0.3 is 0 Å². The Morgan fingerprint density at radius 3 is 2.61 bits per heavy atom. The second-order valence-corrected chi connectivity index (χ2v) is 9.61. The topological polar surface area (TPSA) is 118 Å². The third kappa shape index (κ3) is 5.55. The van der Waals surface area contributed by atoms with Crippen LogP contribution in [0, 0.1) is 0 Å². The summed E-state index contributed by atoms with van der Waals surface area (Å²) >= 11 is 0. The smallest absolute Gasteiger partial charge is 0.257 e. The van der Waals surface area contributed by atoms with Crippen LogP contribution in [0.15, 0.2) is 55.2 Å². The maximum Gasteiger partial charge on any atom is 0.257 e. The second kappa shape index (κ2) is 9.82. The number of nitrogens with one attached hydrogen (secondary N) is 2. The number of rotatable bonds is 5. The van der Waals surface area contributed by atoms with E-state index in [1.807, 2.05) is 6.07 Å². The minimum absolute atomic E-state index is 0.133. The van der Waals surface area contributed by atoms with Crippen LogP contribution < -0.4 is 15.5 Å². The average Bonchev–Trinajstić information content (AvgIpc) is 2.88. The van der Waals surface area contributed by atoms with Crippen LogP contribution in [0.4, 0.5) is 17.5 Å². The minimum Gasteiger partial charge on any atom is -0.378 e. The number of anilines is 3. The lowest BCUT2D eigenvalue weighted by molar-refractivity contribution is 0.102. The predicted octanol–water partition coefficient (Wildman–Crippen LogP) is 3.78. The molecule has 0 bridgehead atoms. The van der Waals surface area contributed by atoms with E-state index in [1.165, 1.54) is 0 Å². The highest BCUT2D eigenvalue weighted by atomic mass is 16.5. The van der Waals surface area contributed by atoms with Gasteiger partial charge in [0.25, 0.3) is 5.91 Å². The Morgan fingerprint density at radius 2 is 1.81 bits per heavy atom. The molecular formula is C26H28N8O2. The van der Waals surface area contributed by atoms with Crippen molar-refractivity contribution < 1.29 is 9.53 Å². The van der Waals surface area contributed by atoms with Gasteiger partial charge in [0.05, 0.1) is 43.0 Å². The molecule has 4 aromatic rings. The number of ether oxygens (including phenoxy) is 1. The largest absolute Gasteiger partial charge is 0.378 e. The van der Waals surface area contributed by atoms with Gasteiger partial charge in [0, 0.05) is 47.5 Å². The van der Waals surface area contributed by atoms with E-state index in [2.05, 4.69) is 61.2 Å². The molecule has 0 radical (unpaired) electrons. The first kappa shape index (κ1) is 23.6. The van der Waals surface area contributed by atoms with Crippen LogP contribution in [0.3, 0.4) is 0 Å². The third-order valence-corrected chi connectivity index (χ3v) is 5.59. The number of fused-ring (bicyclic) bond motifs is 1. The third-order valence-electron chi connectivity index (χ3n) is 5.59. The highest BCUT2D eigenvalue weighted by molar-refractivity contribution is 6.04. The minimum atomic E-state index is -0.255. The fourth-order valence-electron chi connectivity index (χ4n) is 3.90. The van der Waals surface area contributed by atoms with Crippen LogP contribution >= 0.6 is 0 Å². The van der Waals surface area contributed by atoms with E-state index in [4.69, 9.17) is 4.74 Å². The Labute approximate surface area is 209 Å². The highest BCUT2D eigenvalue weighted by Gasteiger charge is 2.16. The Kier molecular flexibility index (Phi) is 6.43. The van der Waals surface area contributed by atoms with E-state index in [9.17, 15) is 4.79 Å². The normalized spacial score (nSPS) is 14.0. The van der Waals surface area contributed by atoms with Crippen molar-refractivity contribution in [1.29, 1.82) is 0 Å². The molecule has 1 aliphatic rings. The molecule has 36 heavy (non-hydrogen) atoms. The van der Waals surface area contributed by atoms with Gasteiger partial charge in [-0.1, -0.05) is 0 Å². The summed E-state index contributed by atoms with van der Waals surface area (Å²) in [6.45, 7) is 9.00. The highest BCUT2D eigenvalue weighted by Crippen LogP contribution is 2.24. The van der Waals surface area contributed by atoms with Crippen molar-refractivity contribution in [1.82, 2.24) is 24.9 Å². The number of carbonyl (C=O) groups excluding carboxylic acids is 1. The summed E-state index contributed by atoms with van der Waals surface area (Å²) in [5.41, 5.74) is 2.62. The lowest BCUT2D eigenvalue weighted by Crippen LogP contribution is -2.36. The van der Waals surface area contributed by atoms with E-state index in [0.717, 1.165) is 29.9 Å². The molecule has 0 aromatic carbocycles. The predicted molar refractivity (Wildman–Crippen MR) is 139 cm³/mol. The molecule has 1 saturated heterocycles. The Balaban J connectivity index is 1.36. The lowest BCUT2D eigenvalue weighted by atomic mass is 10.1. The first-order chi connectivity index (χ1) is 17.3. The average molecular weight is 485 g/mol. The first-order valence-electron chi connectivity index (χ1n) is 11.8. The molecule has 5 rings (SSSR count). The van der Waals surface area contributed by atoms with E-state index in [0.29, 0.717) is 41.6 Å². The van der Waals surface area contributed by atoms with E-state index in [1.54, 1.807) is 49.2 Å². The van der Waals surface area contributed by atoms with Gasteiger partial charge in [0.1, 0.15) is 17.5 Å². The number of nitrogens with zero attached hydrogens (tertiary/aromatic N) is 6. The fourth-order valence-corrected chi connectivity index (χ4v) is 3.90. The first-order valence-corrected chi connectivity index (χ1v) is 11.8. The summed E-state index contributed by atoms with van der Waals surface area (Å²) in [6.07, 6.45) is 8.44. The van der Waals surface area contributed by atoms with Crippen LogP contribution in [0.2, 0.25) is 0 Å². The summed E-state index contributed by atoms with van der Waals surface area (Å²) in [5.74, 6) is 1.63. The van der Waals surface area contributed by atoms with Crippen molar-refractivity contribution in [3.63, 3.8) is 0 Å². The summed E-state index contributed by atoms with van der Waals surface area (Å²) in [5, 5.41) is 7.05.